The van der Waals surface area contributed by atoms with E-state index in [0.29, 0.717) is 11.1 Å². The van der Waals surface area contributed by atoms with Crippen LogP contribution in [0.5, 0.6) is 0 Å². The smallest absolute Gasteiger partial charge is 0.250 e. The molecule has 4 rings (SSSR count). The number of amides is 1. The summed E-state index contributed by atoms with van der Waals surface area (Å²) in [5, 5.41) is 14.4. The first kappa shape index (κ1) is 21.6. The standard InChI is InChI=1S/C23H24ClN5OS/c24-19-13-11-18(12-14-19)22-27-28-23(29(22)20-9-5-2-6-10-20)31-16-21(30)26-25-15-17-7-3-1-4-8-17/h1,3-4,7-8,11-15,20H,2,5-6,9-10,16H2,(H,26,30). The van der Waals surface area contributed by atoms with Gasteiger partial charge in [-0.3, -0.25) is 9.36 Å². The Kier molecular flexibility index (Phi) is 7.38. The Hall–Kier alpha value is -2.64. The predicted molar refractivity (Wildman–Crippen MR) is 125 cm³/mol. The molecule has 0 atom stereocenters. The zero-order valence-corrected chi connectivity index (χ0v) is 18.6. The van der Waals surface area contributed by atoms with Crippen molar-refractivity contribution in [2.75, 3.05) is 5.75 Å². The second-order valence-corrected chi connectivity index (χ2v) is 8.85. The Labute approximate surface area is 191 Å². The molecule has 160 valence electrons. The zero-order chi connectivity index (χ0) is 21.5. The summed E-state index contributed by atoms with van der Waals surface area (Å²) in [7, 11) is 0. The average molecular weight is 454 g/mol. The van der Waals surface area contributed by atoms with Crippen molar-refractivity contribution >= 4 is 35.5 Å². The Morgan fingerprint density at radius 2 is 1.84 bits per heavy atom. The minimum atomic E-state index is -0.177. The monoisotopic (exact) mass is 453 g/mol. The van der Waals surface area contributed by atoms with Gasteiger partial charge < -0.3 is 0 Å². The van der Waals surface area contributed by atoms with E-state index in [9.17, 15) is 4.79 Å². The maximum Gasteiger partial charge on any atom is 0.250 e. The van der Waals surface area contributed by atoms with Crippen LogP contribution in [-0.4, -0.2) is 32.6 Å². The molecular formula is C23H24ClN5OS. The van der Waals surface area contributed by atoms with Gasteiger partial charge in [-0.1, -0.05) is 73.0 Å². The lowest BCUT2D eigenvalue weighted by Gasteiger charge is -2.25. The van der Waals surface area contributed by atoms with Crippen molar-refractivity contribution < 1.29 is 4.79 Å². The molecule has 0 unspecified atom stereocenters. The van der Waals surface area contributed by atoms with Gasteiger partial charge in [-0.15, -0.1) is 10.2 Å². The molecule has 0 bridgehead atoms. The lowest BCUT2D eigenvalue weighted by Crippen LogP contribution is -2.20. The SMILES string of the molecule is O=C(CSc1nnc(-c2ccc(Cl)cc2)n1C1CCCCC1)NN=Cc1ccccc1. The third-order valence-electron chi connectivity index (χ3n) is 5.24. The number of rotatable bonds is 7. The summed E-state index contributed by atoms with van der Waals surface area (Å²) >= 11 is 7.45. The number of carbonyl (C=O) groups excluding carboxylic acids is 1. The second kappa shape index (κ2) is 10.6. The second-order valence-electron chi connectivity index (χ2n) is 7.47. The highest BCUT2D eigenvalue weighted by atomic mass is 35.5. The number of aromatic nitrogens is 3. The molecule has 0 spiro atoms. The largest absolute Gasteiger partial charge is 0.299 e. The predicted octanol–water partition coefficient (Wildman–Crippen LogP) is 5.35. The number of hydrazone groups is 1. The first-order valence-corrected chi connectivity index (χ1v) is 11.8. The number of nitrogens with one attached hydrogen (secondary N) is 1. The molecule has 1 amide bonds. The number of carbonyl (C=O) groups is 1. The van der Waals surface area contributed by atoms with E-state index >= 15 is 0 Å². The van der Waals surface area contributed by atoms with Crippen molar-refractivity contribution in [1.82, 2.24) is 20.2 Å². The Balaban J connectivity index is 1.46. The van der Waals surface area contributed by atoms with Gasteiger partial charge in [0.2, 0.25) is 0 Å². The molecule has 6 nitrogen and oxygen atoms in total. The van der Waals surface area contributed by atoms with Crippen LogP contribution in [0.4, 0.5) is 0 Å². The summed E-state index contributed by atoms with van der Waals surface area (Å²) in [4.78, 5) is 12.3. The van der Waals surface area contributed by atoms with Crippen LogP contribution in [0.15, 0.2) is 64.9 Å². The van der Waals surface area contributed by atoms with E-state index in [1.54, 1.807) is 6.21 Å². The fraction of sp³-hybridized carbons (Fsp3) is 0.304. The van der Waals surface area contributed by atoms with E-state index in [2.05, 4.69) is 25.3 Å². The molecule has 1 aliphatic rings. The van der Waals surface area contributed by atoms with Crippen molar-refractivity contribution in [3.63, 3.8) is 0 Å². The Morgan fingerprint density at radius 1 is 1.10 bits per heavy atom. The van der Waals surface area contributed by atoms with Crippen LogP contribution < -0.4 is 5.43 Å². The minimum absolute atomic E-state index is 0.177. The highest BCUT2D eigenvalue weighted by molar-refractivity contribution is 7.99. The van der Waals surface area contributed by atoms with E-state index < -0.39 is 0 Å². The summed E-state index contributed by atoms with van der Waals surface area (Å²) in [5.74, 6) is 0.870. The molecular weight excluding hydrogens is 430 g/mol. The highest BCUT2D eigenvalue weighted by Gasteiger charge is 2.24. The average Bonchev–Trinajstić information content (AvgIpc) is 3.23. The quantitative estimate of drug-likeness (QED) is 0.297. The van der Waals surface area contributed by atoms with Gasteiger partial charge in [0.15, 0.2) is 11.0 Å². The van der Waals surface area contributed by atoms with Gasteiger partial charge in [-0.05, 0) is 42.7 Å². The van der Waals surface area contributed by atoms with E-state index in [-0.39, 0.29) is 11.7 Å². The zero-order valence-electron chi connectivity index (χ0n) is 17.1. The number of thioether (sulfide) groups is 1. The van der Waals surface area contributed by atoms with Crippen molar-refractivity contribution in [3.8, 4) is 11.4 Å². The molecule has 31 heavy (non-hydrogen) atoms. The van der Waals surface area contributed by atoms with Gasteiger partial charge in [-0.25, -0.2) is 5.43 Å². The molecule has 1 saturated carbocycles. The van der Waals surface area contributed by atoms with Gasteiger partial charge in [0, 0.05) is 16.6 Å². The summed E-state index contributed by atoms with van der Waals surface area (Å²) in [6.07, 6.45) is 7.48. The first-order valence-electron chi connectivity index (χ1n) is 10.4. The molecule has 3 aromatic rings. The van der Waals surface area contributed by atoms with Crippen molar-refractivity contribution in [2.24, 2.45) is 5.10 Å². The van der Waals surface area contributed by atoms with Gasteiger partial charge in [0.25, 0.3) is 5.91 Å². The summed E-state index contributed by atoms with van der Waals surface area (Å²) in [6, 6.07) is 17.6. The van der Waals surface area contributed by atoms with Crippen LogP contribution in [0.25, 0.3) is 11.4 Å². The Morgan fingerprint density at radius 3 is 2.58 bits per heavy atom. The lowest BCUT2D eigenvalue weighted by molar-refractivity contribution is -0.118. The molecule has 1 fully saturated rings. The van der Waals surface area contributed by atoms with E-state index in [1.165, 1.54) is 31.0 Å². The van der Waals surface area contributed by atoms with Gasteiger partial charge >= 0.3 is 0 Å². The number of hydrogen-bond acceptors (Lipinski definition) is 5. The number of benzene rings is 2. The lowest BCUT2D eigenvalue weighted by atomic mass is 9.95. The van der Waals surface area contributed by atoms with Gasteiger partial charge in [0.1, 0.15) is 0 Å². The minimum Gasteiger partial charge on any atom is -0.299 e. The molecule has 0 radical (unpaired) electrons. The molecule has 8 heteroatoms. The highest BCUT2D eigenvalue weighted by Crippen LogP contribution is 2.35. The molecule has 1 N–H and O–H groups in total. The van der Waals surface area contributed by atoms with Gasteiger partial charge in [0.05, 0.1) is 12.0 Å². The third-order valence-corrected chi connectivity index (χ3v) is 6.44. The van der Waals surface area contributed by atoms with E-state index in [1.807, 2.05) is 54.6 Å². The normalized spacial score (nSPS) is 14.7. The first-order chi connectivity index (χ1) is 15.2. The van der Waals surface area contributed by atoms with Crippen LogP contribution in [0.1, 0.15) is 43.7 Å². The number of nitrogens with zero attached hydrogens (tertiary/aromatic N) is 4. The summed E-state index contributed by atoms with van der Waals surface area (Å²) in [6.45, 7) is 0. The van der Waals surface area contributed by atoms with Crippen LogP contribution in [-0.2, 0) is 4.79 Å². The van der Waals surface area contributed by atoms with Crippen LogP contribution in [0, 0.1) is 0 Å². The molecule has 1 heterocycles. The van der Waals surface area contributed by atoms with Crippen LogP contribution in [0.2, 0.25) is 5.02 Å². The number of hydrogen-bond donors (Lipinski definition) is 1. The molecule has 1 aliphatic carbocycles. The Bertz CT molecular complexity index is 1030. The summed E-state index contributed by atoms with van der Waals surface area (Å²) in [5.41, 5.74) is 4.49. The summed E-state index contributed by atoms with van der Waals surface area (Å²) < 4.78 is 2.20. The fourth-order valence-corrected chi connectivity index (χ4v) is 4.64. The molecule has 0 aliphatic heterocycles. The van der Waals surface area contributed by atoms with Crippen molar-refractivity contribution in [2.45, 2.75) is 43.3 Å². The maximum atomic E-state index is 12.3. The molecule has 0 saturated heterocycles. The van der Waals surface area contributed by atoms with Crippen molar-refractivity contribution in [1.29, 1.82) is 0 Å². The van der Waals surface area contributed by atoms with Gasteiger partial charge in [-0.2, -0.15) is 5.10 Å². The molecule has 2 aromatic carbocycles. The van der Waals surface area contributed by atoms with Crippen LogP contribution >= 0.6 is 23.4 Å². The molecule has 1 aromatic heterocycles. The number of halogens is 1. The van der Waals surface area contributed by atoms with Crippen molar-refractivity contribution in [3.05, 3.63) is 65.2 Å². The van der Waals surface area contributed by atoms with E-state index in [4.69, 9.17) is 11.6 Å². The maximum absolute atomic E-state index is 12.3. The van der Waals surface area contributed by atoms with E-state index in [0.717, 1.165) is 34.9 Å². The fourth-order valence-electron chi connectivity index (χ4n) is 3.72. The van der Waals surface area contributed by atoms with Crippen LogP contribution in [0.3, 0.4) is 0 Å². The third kappa shape index (κ3) is 5.74. The topological polar surface area (TPSA) is 72.2 Å².